The van der Waals surface area contributed by atoms with Crippen LogP contribution in [0.15, 0.2) is 29.2 Å². The molecule has 3 atom stereocenters. The fourth-order valence-electron chi connectivity index (χ4n) is 2.70. The highest BCUT2D eigenvalue weighted by Gasteiger charge is 2.28. The van der Waals surface area contributed by atoms with Crippen molar-refractivity contribution in [1.82, 2.24) is 4.72 Å². The molecule has 5 nitrogen and oxygen atoms in total. The Bertz CT molecular complexity index is 574. The second-order valence-corrected chi connectivity index (χ2v) is 7.29. The van der Waals surface area contributed by atoms with Gasteiger partial charge in [-0.3, -0.25) is 0 Å². The van der Waals surface area contributed by atoms with E-state index < -0.39 is 10.0 Å². The van der Waals surface area contributed by atoms with Gasteiger partial charge >= 0.3 is 0 Å². The molecular weight excluding hydrogens is 288 g/mol. The van der Waals surface area contributed by atoms with Crippen molar-refractivity contribution in [1.29, 1.82) is 0 Å². The maximum Gasteiger partial charge on any atom is 0.240 e. The quantitative estimate of drug-likeness (QED) is 0.841. The number of rotatable bonds is 6. The summed E-state index contributed by atoms with van der Waals surface area (Å²) in [6.07, 6.45) is 3.35. The van der Waals surface area contributed by atoms with Gasteiger partial charge in [-0.05, 0) is 43.4 Å². The molecule has 0 aromatic heterocycles. The first-order valence-corrected chi connectivity index (χ1v) is 8.85. The van der Waals surface area contributed by atoms with Gasteiger partial charge in [0.25, 0.3) is 0 Å². The van der Waals surface area contributed by atoms with Gasteiger partial charge in [-0.15, -0.1) is 0 Å². The molecule has 2 rings (SSSR count). The minimum atomic E-state index is -3.50. The molecule has 0 heterocycles. The summed E-state index contributed by atoms with van der Waals surface area (Å²) in [4.78, 5) is 0.282. The molecule has 1 aliphatic rings. The number of nitrogens with two attached hydrogens (primary N) is 1. The summed E-state index contributed by atoms with van der Waals surface area (Å²) in [5, 5.41) is 0. The van der Waals surface area contributed by atoms with Crippen molar-refractivity contribution < 1.29 is 13.2 Å². The van der Waals surface area contributed by atoms with Crippen LogP contribution in [0.1, 0.15) is 44.2 Å². The molecule has 1 aliphatic carbocycles. The molecule has 6 heteroatoms. The number of benzene rings is 1. The van der Waals surface area contributed by atoms with Crippen LogP contribution in [0.2, 0.25) is 0 Å². The van der Waals surface area contributed by atoms with E-state index in [0.717, 1.165) is 31.2 Å². The van der Waals surface area contributed by atoms with Crippen LogP contribution in [0.4, 0.5) is 0 Å². The van der Waals surface area contributed by atoms with E-state index in [9.17, 15) is 8.42 Å². The molecule has 1 fully saturated rings. The van der Waals surface area contributed by atoms with Crippen LogP contribution in [0.25, 0.3) is 0 Å². The Labute approximate surface area is 126 Å². The van der Waals surface area contributed by atoms with Gasteiger partial charge in [-0.1, -0.05) is 19.1 Å². The van der Waals surface area contributed by atoms with Gasteiger partial charge in [0, 0.05) is 19.2 Å². The molecule has 0 spiro atoms. The molecule has 0 radical (unpaired) electrons. The van der Waals surface area contributed by atoms with E-state index in [0.29, 0.717) is 0 Å². The maximum absolute atomic E-state index is 12.5. The predicted octanol–water partition coefficient (Wildman–Crippen LogP) is 1.94. The van der Waals surface area contributed by atoms with Crippen LogP contribution in [-0.4, -0.2) is 27.7 Å². The summed E-state index contributed by atoms with van der Waals surface area (Å²) in [6, 6.07) is 6.69. The molecule has 0 aliphatic heterocycles. The maximum atomic E-state index is 12.5. The molecule has 21 heavy (non-hydrogen) atoms. The highest BCUT2D eigenvalue weighted by Crippen LogP contribution is 2.24. The fraction of sp³-hybridized carbons (Fsp3) is 0.600. The van der Waals surface area contributed by atoms with Gasteiger partial charge in [0.05, 0.1) is 11.0 Å². The number of sulfonamides is 1. The number of hydrogen-bond acceptors (Lipinski definition) is 4. The largest absolute Gasteiger partial charge is 0.381 e. The minimum Gasteiger partial charge on any atom is -0.381 e. The van der Waals surface area contributed by atoms with E-state index in [-0.39, 0.29) is 23.1 Å². The summed E-state index contributed by atoms with van der Waals surface area (Å²) < 4.78 is 33.0. The lowest BCUT2D eigenvalue weighted by atomic mass is 10.1. The van der Waals surface area contributed by atoms with E-state index in [2.05, 4.69) is 4.72 Å². The van der Waals surface area contributed by atoms with E-state index in [1.54, 1.807) is 25.3 Å². The van der Waals surface area contributed by atoms with Crippen LogP contribution in [0.3, 0.4) is 0 Å². The molecule has 1 saturated carbocycles. The Morgan fingerprint density at radius 1 is 1.43 bits per heavy atom. The van der Waals surface area contributed by atoms with Crippen LogP contribution < -0.4 is 10.5 Å². The summed E-state index contributed by atoms with van der Waals surface area (Å²) in [6.45, 7) is 1.98. The topological polar surface area (TPSA) is 81.4 Å². The normalized spacial score (nSPS) is 24.1. The smallest absolute Gasteiger partial charge is 0.240 e. The van der Waals surface area contributed by atoms with E-state index in [4.69, 9.17) is 10.5 Å². The predicted molar refractivity (Wildman–Crippen MR) is 82.4 cm³/mol. The van der Waals surface area contributed by atoms with Crippen molar-refractivity contribution in [2.24, 2.45) is 5.73 Å². The lowest BCUT2D eigenvalue weighted by Gasteiger charge is -2.15. The molecule has 1 aromatic carbocycles. The SMILES string of the molecule is CCC(N)c1cccc(S(=O)(=O)NC2CCC(OC)C2)c1. The van der Waals surface area contributed by atoms with Gasteiger partial charge < -0.3 is 10.5 Å². The van der Waals surface area contributed by atoms with E-state index in [1.807, 2.05) is 13.0 Å². The molecule has 3 unspecified atom stereocenters. The van der Waals surface area contributed by atoms with Crippen LogP contribution in [0.5, 0.6) is 0 Å². The Morgan fingerprint density at radius 3 is 2.81 bits per heavy atom. The monoisotopic (exact) mass is 312 g/mol. The van der Waals surface area contributed by atoms with Crippen LogP contribution in [0, 0.1) is 0 Å². The number of ether oxygens (including phenoxy) is 1. The first-order chi connectivity index (χ1) is 9.96. The van der Waals surface area contributed by atoms with Crippen LogP contribution in [-0.2, 0) is 14.8 Å². The Morgan fingerprint density at radius 2 is 2.19 bits per heavy atom. The lowest BCUT2D eigenvalue weighted by molar-refractivity contribution is 0.107. The van der Waals surface area contributed by atoms with Gasteiger partial charge in [-0.2, -0.15) is 0 Å². The van der Waals surface area contributed by atoms with Crippen molar-refractivity contribution >= 4 is 10.0 Å². The highest BCUT2D eigenvalue weighted by molar-refractivity contribution is 7.89. The molecular formula is C15H24N2O3S. The zero-order valence-corrected chi connectivity index (χ0v) is 13.4. The van der Waals surface area contributed by atoms with Crippen LogP contribution >= 0.6 is 0 Å². The molecule has 0 amide bonds. The average Bonchev–Trinajstić information content (AvgIpc) is 2.93. The Kier molecular flexibility index (Phi) is 5.37. The summed E-state index contributed by atoms with van der Waals surface area (Å²) in [5.74, 6) is 0. The first kappa shape index (κ1) is 16.4. The molecule has 3 N–H and O–H groups in total. The van der Waals surface area contributed by atoms with E-state index >= 15 is 0 Å². The summed E-state index contributed by atoms with van der Waals surface area (Å²) in [5.41, 5.74) is 6.82. The van der Waals surface area contributed by atoms with Gasteiger partial charge in [-0.25, -0.2) is 13.1 Å². The molecule has 1 aromatic rings. The lowest BCUT2D eigenvalue weighted by Crippen LogP contribution is -2.33. The van der Waals surface area contributed by atoms with E-state index in [1.165, 1.54) is 0 Å². The summed E-state index contributed by atoms with van der Waals surface area (Å²) in [7, 11) is -1.84. The Hall–Kier alpha value is -0.950. The second kappa shape index (κ2) is 6.87. The zero-order valence-electron chi connectivity index (χ0n) is 12.6. The van der Waals surface area contributed by atoms with Crippen molar-refractivity contribution in [2.45, 2.75) is 55.7 Å². The number of hydrogen-bond donors (Lipinski definition) is 2. The van der Waals surface area contributed by atoms with Crippen molar-refractivity contribution in [3.05, 3.63) is 29.8 Å². The number of methoxy groups -OCH3 is 1. The Balaban J connectivity index is 2.12. The third-order valence-corrected chi connectivity index (χ3v) is 5.59. The van der Waals surface area contributed by atoms with Crippen molar-refractivity contribution in [3.8, 4) is 0 Å². The first-order valence-electron chi connectivity index (χ1n) is 7.37. The third-order valence-electron chi connectivity index (χ3n) is 4.08. The van der Waals surface area contributed by atoms with Gasteiger partial charge in [0.2, 0.25) is 10.0 Å². The molecule has 118 valence electrons. The van der Waals surface area contributed by atoms with Gasteiger partial charge in [0.15, 0.2) is 0 Å². The average molecular weight is 312 g/mol. The summed E-state index contributed by atoms with van der Waals surface area (Å²) >= 11 is 0. The molecule has 0 saturated heterocycles. The fourth-order valence-corrected chi connectivity index (χ4v) is 4.03. The van der Waals surface area contributed by atoms with Crippen molar-refractivity contribution in [2.75, 3.05) is 7.11 Å². The third kappa shape index (κ3) is 4.03. The number of nitrogens with one attached hydrogen (secondary N) is 1. The minimum absolute atomic E-state index is 0.0524. The second-order valence-electron chi connectivity index (χ2n) is 5.58. The zero-order chi connectivity index (χ0) is 15.5. The standard InChI is InChI=1S/C15H24N2O3S/c1-3-15(16)11-5-4-6-14(9-11)21(18,19)17-12-7-8-13(10-12)20-2/h4-6,9,12-13,15,17H,3,7-8,10,16H2,1-2H3. The highest BCUT2D eigenvalue weighted by atomic mass is 32.2. The van der Waals surface area contributed by atoms with Crippen molar-refractivity contribution in [3.63, 3.8) is 0 Å². The molecule has 0 bridgehead atoms. The van der Waals surface area contributed by atoms with Gasteiger partial charge in [0.1, 0.15) is 0 Å².